The third-order valence-electron chi connectivity index (χ3n) is 5.34. The number of aliphatic hydroxyl groups is 2. The number of aryl methyl sites for hydroxylation is 1. The van der Waals surface area contributed by atoms with Crippen molar-refractivity contribution in [3.63, 3.8) is 0 Å². The Hall–Kier alpha value is -4.56. The molecule has 1 atom stereocenters. The van der Waals surface area contributed by atoms with Gasteiger partial charge >= 0.3 is 6.18 Å². The Labute approximate surface area is 214 Å². The summed E-state index contributed by atoms with van der Waals surface area (Å²) in [6.07, 6.45) is -2.92. The number of amides is 1. The van der Waals surface area contributed by atoms with Gasteiger partial charge in [0.05, 0.1) is 18.3 Å². The number of aromatic nitrogens is 5. The average Bonchev–Trinajstić information content (AvgIpc) is 3.37. The summed E-state index contributed by atoms with van der Waals surface area (Å²) < 4.78 is 40.5. The van der Waals surface area contributed by atoms with Gasteiger partial charge in [-0.25, -0.2) is 9.97 Å². The Kier molecular flexibility index (Phi) is 7.83. The maximum atomic E-state index is 13.0. The molecule has 0 aliphatic heterocycles. The first-order valence-corrected chi connectivity index (χ1v) is 11.3. The smallest absolute Gasteiger partial charge is 0.394 e. The number of alkyl halides is 3. The highest BCUT2D eigenvalue weighted by atomic mass is 19.4. The molecular formula is C24H23F3N8O3. The van der Waals surface area contributed by atoms with Crippen LogP contribution in [0.15, 0.2) is 61.2 Å². The number of nitrogens with one attached hydrogen (secondary N) is 3. The number of halogens is 3. The second kappa shape index (κ2) is 11.2. The maximum absolute atomic E-state index is 13.0. The van der Waals surface area contributed by atoms with Crippen molar-refractivity contribution in [2.45, 2.75) is 19.2 Å². The van der Waals surface area contributed by atoms with E-state index in [2.05, 4.69) is 36.0 Å². The Morgan fingerprint density at radius 2 is 1.89 bits per heavy atom. The van der Waals surface area contributed by atoms with Crippen LogP contribution in [0.3, 0.4) is 0 Å². The third-order valence-corrected chi connectivity index (χ3v) is 5.34. The second-order valence-electron chi connectivity index (χ2n) is 8.16. The fourth-order valence-electron chi connectivity index (χ4n) is 3.34. The molecule has 0 fully saturated rings. The summed E-state index contributed by atoms with van der Waals surface area (Å²) in [7, 11) is 0. The van der Waals surface area contributed by atoms with E-state index in [4.69, 9.17) is 5.11 Å². The van der Waals surface area contributed by atoms with E-state index in [1.807, 2.05) is 6.92 Å². The predicted molar refractivity (Wildman–Crippen MR) is 132 cm³/mol. The van der Waals surface area contributed by atoms with Crippen molar-refractivity contribution in [3.05, 3.63) is 77.9 Å². The number of aliphatic hydroxyl groups excluding tert-OH is 2. The molecule has 14 heteroatoms. The molecule has 0 bridgehead atoms. The van der Waals surface area contributed by atoms with E-state index in [0.717, 1.165) is 17.7 Å². The van der Waals surface area contributed by atoms with Crippen molar-refractivity contribution >= 4 is 29.0 Å². The first kappa shape index (κ1) is 26.5. The SMILES string of the molecule is Cc1ccc(NC(=O)c2cccc(C(F)(F)F)c2)cc1Nc1ncnn1-c1cc(NCC(O)CO)ncn1. The average molecular weight is 528 g/mol. The lowest BCUT2D eigenvalue weighted by Crippen LogP contribution is -2.23. The number of hydrogen-bond donors (Lipinski definition) is 5. The van der Waals surface area contributed by atoms with Crippen LogP contribution in [-0.4, -0.2) is 60.1 Å². The van der Waals surface area contributed by atoms with Gasteiger partial charge in [0.15, 0.2) is 5.82 Å². The molecule has 2 heterocycles. The standard InChI is InChI=1S/C24H23F3N8O3/c1-14-5-6-17(33-22(38)15-3-2-4-16(7-15)24(25,26)27)8-19(14)34-23-31-13-32-35(23)21-9-20(29-12-30-21)28-10-18(37)11-36/h2-9,12-13,18,36-37H,10-11H2,1H3,(H,33,38)(H,28,29,30)(H,31,32,34). The van der Waals surface area contributed by atoms with Crippen LogP contribution in [0, 0.1) is 6.92 Å². The van der Waals surface area contributed by atoms with Crippen molar-refractivity contribution in [1.29, 1.82) is 0 Å². The number of rotatable bonds is 9. The molecule has 0 radical (unpaired) electrons. The number of benzene rings is 2. The number of carbonyl (C=O) groups is 1. The number of hydrogen-bond acceptors (Lipinski definition) is 9. The molecule has 4 rings (SSSR count). The van der Waals surface area contributed by atoms with E-state index in [1.54, 1.807) is 24.3 Å². The zero-order chi connectivity index (χ0) is 27.3. The molecule has 2 aromatic carbocycles. The zero-order valence-electron chi connectivity index (χ0n) is 19.9. The molecule has 11 nitrogen and oxygen atoms in total. The Morgan fingerprint density at radius 3 is 2.66 bits per heavy atom. The molecule has 0 saturated heterocycles. The lowest BCUT2D eigenvalue weighted by Gasteiger charge is -2.14. The van der Waals surface area contributed by atoms with Crippen molar-refractivity contribution in [2.75, 3.05) is 29.1 Å². The van der Waals surface area contributed by atoms with Crippen LogP contribution in [0.4, 0.5) is 36.3 Å². The summed E-state index contributed by atoms with van der Waals surface area (Å²) >= 11 is 0. The molecule has 0 spiro atoms. The van der Waals surface area contributed by atoms with E-state index < -0.39 is 30.4 Å². The van der Waals surface area contributed by atoms with Gasteiger partial charge in [0.25, 0.3) is 5.91 Å². The number of carbonyl (C=O) groups excluding carboxylic acids is 1. The lowest BCUT2D eigenvalue weighted by atomic mass is 10.1. The second-order valence-corrected chi connectivity index (χ2v) is 8.16. The topological polar surface area (TPSA) is 150 Å². The van der Waals surface area contributed by atoms with Crippen molar-refractivity contribution in [1.82, 2.24) is 24.7 Å². The highest BCUT2D eigenvalue weighted by Gasteiger charge is 2.30. The molecule has 38 heavy (non-hydrogen) atoms. The minimum atomic E-state index is -4.56. The van der Waals surface area contributed by atoms with Crippen LogP contribution >= 0.6 is 0 Å². The molecule has 2 aromatic heterocycles. The lowest BCUT2D eigenvalue weighted by molar-refractivity contribution is -0.137. The summed E-state index contributed by atoms with van der Waals surface area (Å²) in [5, 5.41) is 31.3. The van der Waals surface area contributed by atoms with E-state index in [1.165, 1.54) is 29.5 Å². The molecule has 0 saturated carbocycles. The molecule has 0 aliphatic rings. The van der Waals surface area contributed by atoms with Crippen molar-refractivity contribution in [3.8, 4) is 5.82 Å². The molecule has 5 N–H and O–H groups in total. The molecule has 4 aromatic rings. The first-order valence-electron chi connectivity index (χ1n) is 11.3. The van der Waals surface area contributed by atoms with Crippen LogP contribution < -0.4 is 16.0 Å². The molecule has 1 unspecified atom stereocenters. The highest BCUT2D eigenvalue weighted by molar-refractivity contribution is 6.04. The van der Waals surface area contributed by atoms with Gasteiger partial charge < -0.3 is 26.2 Å². The third kappa shape index (κ3) is 6.41. The summed E-state index contributed by atoms with van der Waals surface area (Å²) in [6, 6.07) is 10.7. The number of nitrogens with zero attached hydrogens (tertiary/aromatic N) is 5. The minimum Gasteiger partial charge on any atom is -0.394 e. The molecule has 198 valence electrons. The maximum Gasteiger partial charge on any atom is 0.416 e. The van der Waals surface area contributed by atoms with Crippen LogP contribution in [0.5, 0.6) is 0 Å². The predicted octanol–water partition coefficient (Wildman–Crippen LogP) is 3.15. The van der Waals surface area contributed by atoms with Gasteiger partial charge in [0.1, 0.15) is 18.5 Å². The number of anilines is 4. The van der Waals surface area contributed by atoms with Crippen molar-refractivity contribution in [2.24, 2.45) is 0 Å². The first-order chi connectivity index (χ1) is 18.1. The molecule has 1 amide bonds. The summed E-state index contributed by atoms with van der Waals surface area (Å²) in [4.78, 5) is 25.1. The zero-order valence-corrected chi connectivity index (χ0v) is 19.9. The Bertz CT molecular complexity index is 1430. The summed E-state index contributed by atoms with van der Waals surface area (Å²) in [5.74, 6) is 0.336. The van der Waals surface area contributed by atoms with Gasteiger partial charge in [-0.05, 0) is 42.8 Å². The van der Waals surface area contributed by atoms with Gasteiger partial charge in [-0.3, -0.25) is 4.79 Å². The normalized spacial score (nSPS) is 12.2. The minimum absolute atomic E-state index is 0.0770. The summed E-state index contributed by atoms with van der Waals surface area (Å²) in [6.45, 7) is 1.50. The van der Waals surface area contributed by atoms with Gasteiger partial charge in [-0.15, -0.1) is 0 Å². The van der Waals surface area contributed by atoms with E-state index in [-0.39, 0.29) is 18.1 Å². The summed E-state index contributed by atoms with van der Waals surface area (Å²) in [5.41, 5.74) is 0.652. The van der Waals surface area contributed by atoms with Crippen LogP contribution in [-0.2, 0) is 6.18 Å². The van der Waals surface area contributed by atoms with Crippen LogP contribution in [0.1, 0.15) is 21.5 Å². The molecular weight excluding hydrogens is 505 g/mol. The Morgan fingerprint density at radius 1 is 1.08 bits per heavy atom. The highest BCUT2D eigenvalue weighted by Crippen LogP contribution is 2.30. The van der Waals surface area contributed by atoms with Crippen LogP contribution in [0.2, 0.25) is 0 Å². The van der Waals surface area contributed by atoms with E-state index in [9.17, 15) is 23.1 Å². The van der Waals surface area contributed by atoms with Crippen molar-refractivity contribution < 1.29 is 28.2 Å². The fraction of sp³-hybridized carbons (Fsp3) is 0.208. The van der Waals surface area contributed by atoms with Gasteiger partial charge in [0.2, 0.25) is 5.95 Å². The quantitative estimate of drug-likeness (QED) is 0.221. The largest absolute Gasteiger partial charge is 0.416 e. The molecule has 0 aliphatic carbocycles. The van der Waals surface area contributed by atoms with E-state index >= 15 is 0 Å². The Balaban J connectivity index is 1.52. The van der Waals surface area contributed by atoms with Gasteiger partial charge in [-0.2, -0.15) is 27.9 Å². The van der Waals surface area contributed by atoms with Crippen LogP contribution in [0.25, 0.3) is 5.82 Å². The monoisotopic (exact) mass is 528 g/mol. The van der Waals surface area contributed by atoms with Gasteiger partial charge in [-0.1, -0.05) is 12.1 Å². The fourth-order valence-corrected chi connectivity index (χ4v) is 3.34. The van der Waals surface area contributed by atoms with E-state index in [0.29, 0.717) is 23.0 Å². The van der Waals surface area contributed by atoms with Gasteiger partial charge in [0, 0.05) is 29.5 Å².